The molecule has 2 rings (SSSR count). The molecule has 0 unspecified atom stereocenters. The maximum absolute atomic E-state index is 12.3. The molecule has 0 aromatic carbocycles. The molecule has 0 bridgehead atoms. The lowest BCUT2D eigenvalue weighted by atomic mass is 9.94. The van der Waals surface area contributed by atoms with Crippen LogP contribution in [0, 0.1) is 2.88 Å². The third-order valence-electron chi connectivity index (χ3n) is 4.05. The van der Waals surface area contributed by atoms with Crippen LogP contribution in [0.4, 0.5) is 0 Å². The number of hydrogen-bond donors (Lipinski definition) is 0. The van der Waals surface area contributed by atoms with E-state index in [0.29, 0.717) is 11.6 Å². The Morgan fingerprint density at radius 1 is 1.29 bits per heavy atom. The molecule has 0 radical (unpaired) electrons. The van der Waals surface area contributed by atoms with Crippen LogP contribution in [-0.4, -0.2) is 48.3 Å². The third kappa shape index (κ3) is 4.42. The number of halogens is 1. The van der Waals surface area contributed by atoms with Gasteiger partial charge >= 0.3 is 0 Å². The van der Waals surface area contributed by atoms with Crippen molar-refractivity contribution in [2.75, 3.05) is 20.6 Å². The first-order valence-corrected chi connectivity index (χ1v) is 9.20. The van der Waals surface area contributed by atoms with E-state index < -0.39 is 0 Å². The van der Waals surface area contributed by atoms with E-state index in [9.17, 15) is 9.59 Å². The SMILES string of the molecule is CN(CC(=O)N(C)C1CCCCC1)C(=O)c1csc(I)c1. The molecule has 1 aromatic rings. The quantitative estimate of drug-likeness (QED) is 0.702. The van der Waals surface area contributed by atoms with Crippen LogP contribution in [0.3, 0.4) is 0 Å². The summed E-state index contributed by atoms with van der Waals surface area (Å²) in [4.78, 5) is 27.9. The highest BCUT2D eigenvalue weighted by molar-refractivity contribution is 14.1. The van der Waals surface area contributed by atoms with Crippen molar-refractivity contribution < 1.29 is 9.59 Å². The second-order valence-corrected chi connectivity index (χ2v) is 8.40. The fourth-order valence-electron chi connectivity index (χ4n) is 2.70. The molecule has 0 spiro atoms. The first-order valence-electron chi connectivity index (χ1n) is 7.24. The fraction of sp³-hybridized carbons (Fsp3) is 0.600. The van der Waals surface area contributed by atoms with E-state index in [4.69, 9.17) is 0 Å². The van der Waals surface area contributed by atoms with E-state index in [1.165, 1.54) is 24.2 Å². The van der Waals surface area contributed by atoms with Gasteiger partial charge in [-0.1, -0.05) is 19.3 Å². The molecule has 116 valence electrons. The molecule has 0 N–H and O–H groups in total. The van der Waals surface area contributed by atoms with E-state index in [2.05, 4.69) is 22.6 Å². The molecule has 1 aromatic heterocycles. The van der Waals surface area contributed by atoms with Crippen molar-refractivity contribution in [3.05, 3.63) is 19.9 Å². The number of hydrogen-bond acceptors (Lipinski definition) is 3. The van der Waals surface area contributed by atoms with Crippen molar-refractivity contribution in [3.63, 3.8) is 0 Å². The zero-order valence-electron chi connectivity index (χ0n) is 12.5. The van der Waals surface area contributed by atoms with Crippen LogP contribution in [0.1, 0.15) is 42.5 Å². The first-order chi connectivity index (χ1) is 9.99. The van der Waals surface area contributed by atoms with Crippen molar-refractivity contribution in [1.29, 1.82) is 0 Å². The van der Waals surface area contributed by atoms with Gasteiger partial charge in [-0.25, -0.2) is 0 Å². The number of carbonyl (C=O) groups is 2. The summed E-state index contributed by atoms with van der Waals surface area (Å²) in [5, 5.41) is 1.84. The molecular formula is C15H21IN2O2S. The Labute approximate surface area is 143 Å². The van der Waals surface area contributed by atoms with Gasteiger partial charge < -0.3 is 9.80 Å². The van der Waals surface area contributed by atoms with Gasteiger partial charge in [0.15, 0.2) is 0 Å². The van der Waals surface area contributed by atoms with Gasteiger partial charge in [-0.15, -0.1) is 11.3 Å². The minimum Gasteiger partial charge on any atom is -0.341 e. The van der Waals surface area contributed by atoms with Crippen LogP contribution in [0.5, 0.6) is 0 Å². The Kier molecular flexibility index (Phi) is 6.04. The monoisotopic (exact) mass is 420 g/mol. The zero-order valence-corrected chi connectivity index (χ0v) is 15.4. The maximum atomic E-state index is 12.3. The molecule has 1 saturated carbocycles. The van der Waals surface area contributed by atoms with E-state index in [1.54, 1.807) is 18.4 Å². The lowest BCUT2D eigenvalue weighted by Gasteiger charge is -2.32. The molecule has 2 amide bonds. The Bertz CT molecular complexity index is 512. The normalized spacial score (nSPS) is 15.8. The molecule has 4 nitrogen and oxygen atoms in total. The average molecular weight is 420 g/mol. The van der Waals surface area contributed by atoms with Gasteiger partial charge in [0.1, 0.15) is 0 Å². The van der Waals surface area contributed by atoms with E-state index >= 15 is 0 Å². The molecule has 1 aliphatic carbocycles. The lowest BCUT2D eigenvalue weighted by Crippen LogP contribution is -2.44. The molecule has 1 heterocycles. The van der Waals surface area contributed by atoms with Crippen molar-refractivity contribution in [1.82, 2.24) is 9.80 Å². The van der Waals surface area contributed by atoms with E-state index in [1.807, 2.05) is 23.4 Å². The zero-order chi connectivity index (χ0) is 15.4. The fourth-order valence-corrected chi connectivity index (χ4v) is 4.02. The Balaban J connectivity index is 1.90. The molecule has 0 saturated heterocycles. The summed E-state index contributed by atoms with van der Waals surface area (Å²) in [6.07, 6.45) is 5.84. The molecule has 6 heteroatoms. The van der Waals surface area contributed by atoms with Crippen molar-refractivity contribution >= 4 is 45.7 Å². The van der Waals surface area contributed by atoms with Gasteiger partial charge in [0.05, 0.1) is 15.0 Å². The number of amides is 2. The largest absolute Gasteiger partial charge is 0.341 e. The second kappa shape index (κ2) is 7.58. The van der Waals surface area contributed by atoms with Crippen LogP contribution in [0.15, 0.2) is 11.4 Å². The summed E-state index contributed by atoms with van der Waals surface area (Å²) < 4.78 is 1.08. The topological polar surface area (TPSA) is 40.6 Å². The van der Waals surface area contributed by atoms with Gasteiger partial charge in [-0.3, -0.25) is 9.59 Å². The van der Waals surface area contributed by atoms with Crippen LogP contribution in [-0.2, 0) is 4.79 Å². The molecule has 1 aliphatic rings. The summed E-state index contributed by atoms with van der Waals surface area (Å²) in [7, 11) is 3.56. The summed E-state index contributed by atoms with van der Waals surface area (Å²) >= 11 is 3.74. The molecule has 0 atom stereocenters. The van der Waals surface area contributed by atoms with Gasteiger partial charge in [0.25, 0.3) is 5.91 Å². The Morgan fingerprint density at radius 2 is 1.95 bits per heavy atom. The molecule has 21 heavy (non-hydrogen) atoms. The van der Waals surface area contributed by atoms with Crippen LogP contribution in [0.2, 0.25) is 0 Å². The maximum Gasteiger partial charge on any atom is 0.254 e. The van der Waals surface area contributed by atoms with Crippen molar-refractivity contribution in [2.45, 2.75) is 38.1 Å². The van der Waals surface area contributed by atoms with E-state index in [-0.39, 0.29) is 18.4 Å². The van der Waals surface area contributed by atoms with E-state index in [0.717, 1.165) is 15.7 Å². The van der Waals surface area contributed by atoms with Gasteiger partial charge in [0.2, 0.25) is 5.91 Å². The highest BCUT2D eigenvalue weighted by Gasteiger charge is 2.24. The van der Waals surface area contributed by atoms with Crippen LogP contribution < -0.4 is 0 Å². The Hall–Kier alpha value is -0.630. The number of nitrogens with zero attached hydrogens (tertiary/aromatic N) is 2. The minimum atomic E-state index is -0.0837. The standard InChI is InChI=1S/C15H21IN2O2S/c1-17(15(20)11-8-13(16)21-10-11)9-14(19)18(2)12-6-4-3-5-7-12/h8,10,12H,3-7,9H2,1-2H3. The lowest BCUT2D eigenvalue weighted by molar-refractivity contribution is -0.133. The van der Waals surface area contributed by atoms with Gasteiger partial charge in [-0.05, 0) is 41.5 Å². The molecule has 1 fully saturated rings. The number of rotatable bonds is 4. The number of carbonyl (C=O) groups excluding carboxylic acids is 2. The average Bonchev–Trinajstić information content (AvgIpc) is 2.93. The number of thiophene rings is 1. The highest BCUT2D eigenvalue weighted by atomic mass is 127. The predicted molar refractivity (Wildman–Crippen MR) is 93.6 cm³/mol. The second-order valence-electron chi connectivity index (χ2n) is 5.60. The van der Waals surface area contributed by atoms with Crippen LogP contribution in [0.25, 0.3) is 0 Å². The first kappa shape index (κ1) is 16.7. The van der Waals surface area contributed by atoms with Crippen molar-refractivity contribution in [3.8, 4) is 0 Å². The Morgan fingerprint density at radius 3 is 2.52 bits per heavy atom. The minimum absolute atomic E-state index is 0.0303. The summed E-state index contributed by atoms with van der Waals surface area (Å²) in [5.41, 5.74) is 0.667. The van der Waals surface area contributed by atoms with Crippen LogP contribution >= 0.6 is 33.9 Å². The smallest absolute Gasteiger partial charge is 0.254 e. The summed E-state index contributed by atoms with van der Waals surface area (Å²) in [6.45, 7) is 0.151. The third-order valence-corrected chi connectivity index (χ3v) is 5.84. The highest BCUT2D eigenvalue weighted by Crippen LogP contribution is 2.22. The van der Waals surface area contributed by atoms with Gasteiger partial charge in [0, 0.05) is 25.5 Å². The molecular weight excluding hydrogens is 399 g/mol. The summed E-state index contributed by atoms with van der Waals surface area (Å²) in [6, 6.07) is 2.20. The van der Waals surface area contributed by atoms with Gasteiger partial charge in [-0.2, -0.15) is 0 Å². The number of likely N-dealkylation sites (N-methyl/N-ethyl adjacent to an activating group) is 2. The molecule has 0 aliphatic heterocycles. The predicted octanol–water partition coefficient (Wildman–Crippen LogP) is 3.22. The summed E-state index contributed by atoms with van der Waals surface area (Å²) in [5.74, 6) is -0.0535. The van der Waals surface area contributed by atoms with Crippen molar-refractivity contribution in [2.24, 2.45) is 0 Å².